The van der Waals surface area contributed by atoms with Gasteiger partial charge < -0.3 is 21.3 Å². The zero-order chi connectivity index (χ0) is 19.2. The van der Waals surface area contributed by atoms with Gasteiger partial charge in [0.2, 0.25) is 0 Å². The first-order valence-electron chi connectivity index (χ1n) is 9.30. The number of benzene rings is 1. The number of anilines is 4. The van der Waals surface area contributed by atoms with E-state index in [0.717, 1.165) is 31.0 Å². The Hall–Kier alpha value is -2.97. The summed E-state index contributed by atoms with van der Waals surface area (Å²) in [7, 11) is 0. The van der Waals surface area contributed by atoms with Crippen molar-refractivity contribution in [2.45, 2.75) is 18.9 Å². The molecule has 3 aromatic rings. The Morgan fingerprint density at radius 3 is 2.79 bits per heavy atom. The summed E-state index contributed by atoms with van der Waals surface area (Å²) in [5.41, 5.74) is 0.757. The van der Waals surface area contributed by atoms with Gasteiger partial charge in [-0.25, -0.2) is 9.97 Å². The molecule has 8 heteroatoms. The van der Waals surface area contributed by atoms with Gasteiger partial charge in [0.05, 0.1) is 6.20 Å². The first-order valence-corrected chi connectivity index (χ1v) is 10.1. The van der Waals surface area contributed by atoms with E-state index < -0.39 is 0 Å². The van der Waals surface area contributed by atoms with Crippen LogP contribution in [-0.2, 0) is 0 Å². The molecule has 144 valence electrons. The molecule has 1 aliphatic rings. The van der Waals surface area contributed by atoms with Crippen LogP contribution in [0.2, 0.25) is 0 Å². The average Bonchev–Trinajstić information content (AvgIpc) is 3.18. The number of carbonyl (C=O) groups excluding carboxylic acids is 1. The van der Waals surface area contributed by atoms with E-state index in [4.69, 9.17) is 0 Å². The van der Waals surface area contributed by atoms with Crippen LogP contribution in [0.5, 0.6) is 0 Å². The Morgan fingerprint density at radius 2 is 1.96 bits per heavy atom. The van der Waals surface area contributed by atoms with Gasteiger partial charge in [-0.15, -0.1) is 0 Å². The lowest BCUT2D eigenvalue weighted by Crippen LogP contribution is -2.38. The SMILES string of the molecule is O=C(Nc1ccccc1)c1cnc(Nc2cccc(NC3CCCNC3)n2)s1. The number of nitrogens with one attached hydrogen (secondary N) is 4. The summed E-state index contributed by atoms with van der Waals surface area (Å²) in [5.74, 6) is 1.35. The summed E-state index contributed by atoms with van der Waals surface area (Å²) in [6.07, 6.45) is 3.88. The third kappa shape index (κ3) is 4.85. The van der Waals surface area contributed by atoms with Crippen molar-refractivity contribution in [1.82, 2.24) is 15.3 Å². The van der Waals surface area contributed by atoms with Crippen molar-refractivity contribution in [2.75, 3.05) is 29.0 Å². The molecule has 28 heavy (non-hydrogen) atoms. The highest BCUT2D eigenvalue weighted by atomic mass is 32.1. The number of aromatic nitrogens is 2. The van der Waals surface area contributed by atoms with Crippen molar-refractivity contribution in [3.05, 3.63) is 59.6 Å². The van der Waals surface area contributed by atoms with Crippen LogP contribution >= 0.6 is 11.3 Å². The van der Waals surface area contributed by atoms with E-state index in [1.54, 1.807) is 6.20 Å². The summed E-state index contributed by atoms with van der Waals surface area (Å²) >= 11 is 1.29. The minimum Gasteiger partial charge on any atom is -0.366 e. The van der Waals surface area contributed by atoms with Gasteiger partial charge in [0.1, 0.15) is 16.5 Å². The summed E-state index contributed by atoms with van der Waals surface area (Å²) in [6.45, 7) is 2.03. The minimum atomic E-state index is -0.176. The predicted octanol–water partition coefficient (Wildman–Crippen LogP) is 3.70. The highest BCUT2D eigenvalue weighted by molar-refractivity contribution is 7.17. The van der Waals surface area contributed by atoms with Crippen LogP contribution in [0.3, 0.4) is 0 Å². The Labute approximate surface area is 167 Å². The Kier molecular flexibility index (Phi) is 5.79. The fourth-order valence-corrected chi connectivity index (χ4v) is 3.75. The smallest absolute Gasteiger partial charge is 0.267 e. The molecule has 1 atom stereocenters. The zero-order valence-corrected chi connectivity index (χ0v) is 16.1. The predicted molar refractivity (Wildman–Crippen MR) is 114 cm³/mol. The maximum Gasteiger partial charge on any atom is 0.267 e. The van der Waals surface area contributed by atoms with Crippen molar-refractivity contribution in [1.29, 1.82) is 0 Å². The van der Waals surface area contributed by atoms with Crippen LogP contribution in [-0.4, -0.2) is 35.0 Å². The molecule has 0 aliphatic carbocycles. The van der Waals surface area contributed by atoms with Gasteiger partial charge in [-0.3, -0.25) is 4.79 Å². The summed E-state index contributed by atoms with van der Waals surface area (Å²) in [5, 5.41) is 13.5. The molecular formula is C20H22N6OS. The van der Waals surface area contributed by atoms with E-state index in [9.17, 15) is 4.79 Å². The second-order valence-electron chi connectivity index (χ2n) is 6.57. The number of piperidine rings is 1. The maximum atomic E-state index is 12.4. The van der Waals surface area contributed by atoms with E-state index in [0.29, 0.717) is 21.9 Å². The molecule has 0 spiro atoms. The second kappa shape index (κ2) is 8.81. The van der Waals surface area contributed by atoms with E-state index >= 15 is 0 Å². The van der Waals surface area contributed by atoms with Crippen molar-refractivity contribution in [3.63, 3.8) is 0 Å². The highest BCUT2D eigenvalue weighted by Crippen LogP contribution is 2.23. The monoisotopic (exact) mass is 394 g/mol. The van der Waals surface area contributed by atoms with Gasteiger partial charge >= 0.3 is 0 Å². The van der Waals surface area contributed by atoms with Crippen LogP contribution in [0.1, 0.15) is 22.5 Å². The molecule has 1 fully saturated rings. The maximum absolute atomic E-state index is 12.4. The highest BCUT2D eigenvalue weighted by Gasteiger charge is 2.14. The molecule has 4 N–H and O–H groups in total. The largest absolute Gasteiger partial charge is 0.366 e. The standard InChI is InChI=1S/C20H22N6OS/c27-19(24-14-6-2-1-3-7-14)16-13-22-20(28-16)26-18-10-4-9-17(25-18)23-15-8-5-11-21-12-15/h1-4,6-7,9-10,13,15,21H,5,8,11-12H2,(H,24,27)(H2,22,23,25,26). The molecule has 7 nitrogen and oxygen atoms in total. The summed E-state index contributed by atoms with van der Waals surface area (Å²) < 4.78 is 0. The molecule has 0 bridgehead atoms. The first kappa shape index (κ1) is 18.4. The van der Waals surface area contributed by atoms with Crippen molar-refractivity contribution < 1.29 is 4.79 Å². The van der Waals surface area contributed by atoms with Crippen LogP contribution in [0.4, 0.5) is 22.5 Å². The molecule has 4 rings (SSSR count). The summed E-state index contributed by atoms with van der Waals surface area (Å²) in [6, 6.07) is 15.6. The van der Waals surface area contributed by atoms with Crippen LogP contribution in [0.25, 0.3) is 0 Å². The topological polar surface area (TPSA) is 91.0 Å². The Morgan fingerprint density at radius 1 is 1.11 bits per heavy atom. The number of hydrogen-bond acceptors (Lipinski definition) is 7. The number of rotatable bonds is 6. The third-order valence-corrected chi connectivity index (χ3v) is 5.31. The molecule has 1 unspecified atom stereocenters. The lowest BCUT2D eigenvalue weighted by atomic mass is 10.1. The van der Waals surface area contributed by atoms with E-state index in [1.165, 1.54) is 17.8 Å². The normalized spacial score (nSPS) is 16.4. The molecular weight excluding hydrogens is 372 g/mol. The third-order valence-electron chi connectivity index (χ3n) is 4.39. The number of pyridine rings is 1. The number of hydrogen-bond donors (Lipinski definition) is 4. The molecule has 3 heterocycles. The van der Waals surface area contributed by atoms with Gasteiger partial charge in [0.15, 0.2) is 5.13 Å². The minimum absolute atomic E-state index is 0.176. The Balaban J connectivity index is 1.38. The lowest BCUT2D eigenvalue weighted by molar-refractivity contribution is 0.103. The van der Waals surface area contributed by atoms with Crippen molar-refractivity contribution in [2.24, 2.45) is 0 Å². The molecule has 1 amide bonds. The molecule has 2 aromatic heterocycles. The van der Waals surface area contributed by atoms with Crippen molar-refractivity contribution in [3.8, 4) is 0 Å². The fraction of sp³-hybridized carbons (Fsp3) is 0.250. The van der Waals surface area contributed by atoms with Gasteiger partial charge in [-0.1, -0.05) is 35.6 Å². The van der Waals surface area contributed by atoms with Gasteiger partial charge in [0.25, 0.3) is 5.91 Å². The van der Waals surface area contributed by atoms with Crippen LogP contribution in [0.15, 0.2) is 54.7 Å². The second-order valence-corrected chi connectivity index (χ2v) is 7.60. The number of para-hydroxylation sites is 1. The number of amides is 1. The van der Waals surface area contributed by atoms with E-state index in [2.05, 4.69) is 31.2 Å². The van der Waals surface area contributed by atoms with Gasteiger partial charge in [-0.05, 0) is 43.7 Å². The summed E-state index contributed by atoms with van der Waals surface area (Å²) in [4.78, 5) is 21.8. The molecule has 0 saturated carbocycles. The van der Waals surface area contributed by atoms with E-state index in [1.807, 2.05) is 48.5 Å². The van der Waals surface area contributed by atoms with Crippen LogP contribution < -0.4 is 21.3 Å². The first-order chi connectivity index (χ1) is 13.8. The van der Waals surface area contributed by atoms with Crippen molar-refractivity contribution >= 4 is 39.7 Å². The molecule has 0 radical (unpaired) electrons. The quantitative estimate of drug-likeness (QED) is 0.510. The molecule has 1 aliphatic heterocycles. The zero-order valence-electron chi connectivity index (χ0n) is 15.3. The fourth-order valence-electron chi connectivity index (χ4n) is 3.03. The Bertz CT molecular complexity index is 923. The van der Waals surface area contributed by atoms with Crippen LogP contribution in [0, 0.1) is 0 Å². The number of nitrogens with zero attached hydrogens (tertiary/aromatic N) is 2. The number of thiazole rings is 1. The van der Waals surface area contributed by atoms with E-state index in [-0.39, 0.29) is 5.91 Å². The van der Waals surface area contributed by atoms with Gasteiger partial charge in [0, 0.05) is 18.3 Å². The molecule has 1 aromatic carbocycles. The van der Waals surface area contributed by atoms with Gasteiger partial charge in [-0.2, -0.15) is 0 Å². The average molecular weight is 395 g/mol. The molecule has 1 saturated heterocycles. The lowest BCUT2D eigenvalue weighted by Gasteiger charge is -2.24. The number of carbonyl (C=O) groups is 1.